The average molecular weight is 360 g/mol. The van der Waals surface area contributed by atoms with Gasteiger partial charge in [0, 0.05) is 52.0 Å². The summed E-state index contributed by atoms with van der Waals surface area (Å²) in [6, 6.07) is 11.1. The topological polar surface area (TPSA) is 58.8 Å². The molecule has 2 aliphatic heterocycles. The highest BCUT2D eigenvalue weighted by Gasteiger charge is 2.32. The van der Waals surface area contributed by atoms with Gasteiger partial charge >= 0.3 is 0 Å². The number of rotatable bonds is 5. The molecule has 0 unspecified atom stereocenters. The molecule has 1 amide bonds. The SMILES string of the molecule is CN(CCc1ccccc1)C(=O)[C@@H]1CC[C@H](N)CN(C2CCOCC2)C1. The van der Waals surface area contributed by atoms with Crippen molar-refractivity contribution in [3.8, 4) is 0 Å². The molecule has 1 aromatic carbocycles. The van der Waals surface area contributed by atoms with Crippen LogP contribution in [0.3, 0.4) is 0 Å². The lowest BCUT2D eigenvalue weighted by Gasteiger charge is -2.36. The molecule has 2 N–H and O–H groups in total. The van der Waals surface area contributed by atoms with Crippen LogP contribution in [-0.4, -0.2) is 67.7 Å². The summed E-state index contributed by atoms with van der Waals surface area (Å²) < 4.78 is 5.50. The smallest absolute Gasteiger partial charge is 0.226 e. The molecule has 26 heavy (non-hydrogen) atoms. The van der Waals surface area contributed by atoms with E-state index in [-0.39, 0.29) is 17.9 Å². The highest BCUT2D eigenvalue weighted by atomic mass is 16.5. The number of benzene rings is 1. The van der Waals surface area contributed by atoms with Crippen molar-refractivity contribution in [3.05, 3.63) is 35.9 Å². The van der Waals surface area contributed by atoms with Crippen LogP contribution in [0.2, 0.25) is 0 Å². The van der Waals surface area contributed by atoms with Crippen molar-refractivity contribution in [3.63, 3.8) is 0 Å². The Labute approximate surface area is 157 Å². The summed E-state index contributed by atoms with van der Waals surface area (Å²) in [5.41, 5.74) is 7.58. The van der Waals surface area contributed by atoms with Crippen molar-refractivity contribution < 1.29 is 9.53 Å². The third-order valence-corrected chi connectivity index (χ3v) is 5.82. The van der Waals surface area contributed by atoms with Crippen LogP contribution < -0.4 is 5.73 Å². The van der Waals surface area contributed by atoms with Crippen LogP contribution in [0.1, 0.15) is 31.2 Å². The average Bonchev–Trinajstić information content (AvgIpc) is 2.89. The minimum absolute atomic E-state index is 0.0622. The molecule has 0 aliphatic carbocycles. The number of carbonyl (C=O) groups is 1. The molecule has 3 rings (SSSR count). The molecule has 2 heterocycles. The van der Waals surface area contributed by atoms with E-state index in [2.05, 4.69) is 29.2 Å². The molecule has 0 spiro atoms. The zero-order chi connectivity index (χ0) is 18.4. The molecule has 5 heteroatoms. The summed E-state index contributed by atoms with van der Waals surface area (Å²) in [7, 11) is 1.94. The maximum absolute atomic E-state index is 13.0. The van der Waals surface area contributed by atoms with Crippen molar-refractivity contribution >= 4 is 5.91 Å². The van der Waals surface area contributed by atoms with E-state index in [0.29, 0.717) is 6.04 Å². The molecule has 2 atom stereocenters. The summed E-state index contributed by atoms with van der Waals surface area (Å²) in [4.78, 5) is 17.4. The first-order valence-corrected chi connectivity index (χ1v) is 9.99. The van der Waals surface area contributed by atoms with Crippen LogP contribution in [-0.2, 0) is 16.0 Å². The Morgan fingerprint density at radius 2 is 1.88 bits per heavy atom. The quantitative estimate of drug-likeness (QED) is 0.872. The maximum atomic E-state index is 13.0. The Hall–Kier alpha value is -1.43. The Morgan fingerprint density at radius 1 is 1.15 bits per heavy atom. The third-order valence-electron chi connectivity index (χ3n) is 5.82. The van der Waals surface area contributed by atoms with Gasteiger partial charge < -0.3 is 15.4 Å². The first-order chi connectivity index (χ1) is 12.6. The first-order valence-electron chi connectivity index (χ1n) is 9.99. The molecule has 2 fully saturated rings. The van der Waals surface area contributed by atoms with Crippen LogP contribution in [0.15, 0.2) is 30.3 Å². The number of nitrogens with zero attached hydrogens (tertiary/aromatic N) is 2. The molecule has 0 saturated carbocycles. The number of hydrogen-bond acceptors (Lipinski definition) is 4. The van der Waals surface area contributed by atoms with E-state index in [0.717, 1.165) is 65.0 Å². The number of ether oxygens (including phenoxy) is 1. The van der Waals surface area contributed by atoms with E-state index in [1.807, 2.05) is 18.0 Å². The summed E-state index contributed by atoms with van der Waals surface area (Å²) in [6.07, 6.45) is 4.84. The molecular weight excluding hydrogens is 326 g/mol. The second-order valence-corrected chi connectivity index (χ2v) is 7.83. The minimum Gasteiger partial charge on any atom is -0.381 e. The fourth-order valence-corrected chi connectivity index (χ4v) is 4.17. The predicted molar refractivity (Wildman–Crippen MR) is 104 cm³/mol. The van der Waals surface area contributed by atoms with E-state index in [9.17, 15) is 4.79 Å². The normalized spacial score (nSPS) is 25.6. The molecule has 2 saturated heterocycles. The van der Waals surface area contributed by atoms with Crippen LogP contribution in [0, 0.1) is 5.92 Å². The lowest BCUT2D eigenvalue weighted by atomic mass is 9.99. The monoisotopic (exact) mass is 359 g/mol. The number of likely N-dealkylation sites (N-methyl/N-ethyl adjacent to an activating group) is 1. The summed E-state index contributed by atoms with van der Waals surface area (Å²) in [5.74, 6) is 0.333. The van der Waals surface area contributed by atoms with E-state index in [1.54, 1.807) is 0 Å². The molecule has 1 aromatic rings. The lowest BCUT2D eigenvalue weighted by molar-refractivity contribution is -0.135. The number of carbonyl (C=O) groups excluding carboxylic acids is 1. The standard InChI is InChI=1S/C21H33N3O2/c1-23(12-9-17-5-3-2-4-6-17)21(25)18-7-8-19(22)16-24(15-18)20-10-13-26-14-11-20/h2-6,18-20H,7-16,22H2,1H3/t18-,19+/m1/s1. The minimum atomic E-state index is 0.0622. The van der Waals surface area contributed by atoms with Crippen LogP contribution in [0.4, 0.5) is 0 Å². The van der Waals surface area contributed by atoms with E-state index in [1.165, 1.54) is 5.56 Å². The van der Waals surface area contributed by atoms with Crippen LogP contribution in [0.25, 0.3) is 0 Å². The van der Waals surface area contributed by atoms with Gasteiger partial charge in [0.15, 0.2) is 0 Å². The third kappa shape index (κ3) is 5.29. The summed E-state index contributed by atoms with van der Waals surface area (Å²) in [5, 5.41) is 0. The van der Waals surface area contributed by atoms with Crippen molar-refractivity contribution in [1.82, 2.24) is 9.80 Å². The van der Waals surface area contributed by atoms with Crippen LogP contribution >= 0.6 is 0 Å². The van der Waals surface area contributed by atoms with E-state index < -0.39 is 0 Å². The molecule has 0 bridgehead atoms. The molecule has 5 nitrogen and oxygen atoms in total. The molecule has 0 radical (unpaired) electrons. The van der Waals surface area contributed by atoms with Crippen molar-refractivity contribution in [2.75, 3.05) is 39.9 Å². The van der Waals surface area contributed by atoms with Crippen molar-refractivity contribution in [1.29, 1.82) is 0 Å². The van der Waals surface area contributed by atoms with Crippen LogP contribution in [0.5, 0.6) is 0 Å². The lowest BCUT2D eigenvalue weighted by Crippen LogP contribution is -2.47. The van der Waals surface area contributed by atoms with E-state index >= 15 is 0 Å². The Morgan fingerprint density at radius 3 is 2.62 bits per heavy atom. The Balaban J connectivity index is 1.57. The summed E-state index contributed by atoms with van der Waals surface area (Å²) in [6.45, 7) is 4.16. The molecule has 144 valence electrons. The van der Waals surface area contributed by atoms with Gasteiger partial charge in [-0.1, -0.05) is 30.3 Å². The summed E-state index contributed by atoms with van der Waals surface area (Å²) >= 11 is 0. The number of hydrogen-bond donors (Lipinski definition) is 1. The fraction of sp³-hybridized carbons (Fsp3) is 0.667. The van der Waals surface area contributed by atoms with Gasteiger partial charge in [-0.3, -0.25) is 9.69 Å². The molecular formula is C21H33N3O2. The first kappa shape index (κ1) is 19.3. The van der Waals surface area contributed by atoms with Gasteiger partial charge in [-0.25, -0.2) is 0 Å². The highest BCUT2D eigenvalue weighted by molar-refractivity contribution is 5.78. The molecule has 0 aromatic heterocycles. The van der Waals surface area contributed by atoms with Gasteiger partial charge in [0.1, 0.15) is 0 Å². The molecule has 2 aliphatic rings. The highest BCUT2D eigenvalue weighted by Crippen LogP contribution is 2.23. The van der Waals surface area contributed by atoms with Crippen molar-refractivity contribution in [2.24, 2.45) is 11.7 Å². The van der Waals surface area contributed by atoms with Gasteiger partial charge in [-0.15, -0.1) is 0 Å². The zero-order valence-electron chi connectivity index (χ0n) is 16.0. The van der Waals surface area contributed by atoms with E-state index in [4.69, 9.17) is 10.5 Å². The van der Waals surface area contributed by atoms with Gasteiger partial charge in [0.25, 0.3) is 0 Å². The Kier molecular flexibility index (Phi) is 7.06. The number of nitrogens with two attached hydrogens (primary N) is 1. The van der Waals surface area contributed by atoms with Gasteiger partial charge in [-0.2, -0.15) is 0 Å². The maximum Gasteiger partial charge on any atom is 0.226 e. The zero-order valence-corrected chi connectivity index (χ0v) is 16.0. The second-order valence-electron chi connectivity index (χ2n) is 7.83. The fourth-order valence-electron chi connectivity index (χ4n) is 4.17. The Bertz CT molecular complexity index is 560. The van der Waals surface area contributed by atoms with Gasteiger partial charge in [0.2, 0.25) is 5.91 Å². The predicted octanol–water partition coefficient (Wildman–Crippen LogP) is 1.91. The van der Waals surface area contributed by atoms with Gasteiger partial charge in [-0.05, 0) is 37.7 Å². The number of likely N-dealkylation sites (tertiary alicyclic amines) is 1. The van der Waals surface area contributed by atoms with Crippen molar-refractivity contribution in [2.45, 2.75) is 44.2 Å². The number of amides is 1. The largest absolute Gasteiger partial charge is 0.381 e. The second kappa shape index (κ2) is 9.49. The van der Waals surface area contributed by atoms with Gasteiger partial charge in [0.05, 0.1) is 5.92 Å².